The van der Waals surface area contributed by atoms with Crippen molar-refractivity contribution in [3.63, 3.8) is 0 Å². The molecule has 0 unspecified atom stereocenters. The monoisotopic (exact) mass is 425 g/mol. The lowest BCUT2D eigenvalue weighted by Gasteiger charge is -2.21. The number of amides is 2. The van der Waals surface area contributed by atoms with Crippen LogP contribution in [0.15, 0.2) is 54.7 Å². The van der Waals surface area contributed by atoms with Crippen molar-refractivity contribution in [2.45, 2.75) is 19.8 Å². The number of benzene rings is 1. The minimum Gasteiger partial charge on any atom is -0.431 e. The van der Waals surface area contributed by atoms with E-state index < -0.39 is 6.03 Å². The predicted octanol–water partition coefficient (Wildman–Crippen LogP) is 3.96. The molecule has 158 valence electrons. The Labute approximate surface area is 180 Å². The van der Waals surface area contributed by atoms with Crippen molar-refractivity contribution in [1.82, 2.24) is 20.2 Å². The van der Waals surface area contributed by atoms with Crippen LogP contribution in [0.3, 0.4) is 0 Å². The predicted molar refractivity (Wildman–Crippen MR) is 121 cm³/mol. The van der Waals surface area contributed by atoms with Crippen molar-refractivity contribution in [1.29, 1.82) is 0 Å². The second-order valence-electron chi connectivity index (χ2n) is 6.91. The van der Waals surface area contributed by atoms with Gasteiger partial charge in [-0.05, 0) is 49.2 Å². The average molecular weight is 426 g/mol. The molecule has 0 aliphatic carbocycles. The van der Waals surface area contributed by atoms with Gasteiger partial charge in [0.05, 0.1) is 4.70 Å². The topological polar surface area (TPSA) is 93.4 Å². The number of carbonyl (C=O) groups is 1. The molecule has 0 aliphatic heterocycles. The van der Waals surface area contributed by atoms with Gasteiger partial charge in [-0.25, -0.2) is 9.78 Å². The molecule has 0 spiro atoms. The maximum Gasteiger partial charge on any atom is 0.315 e. The largest absolute Gasteiger partial charge is 0.431 e. The Balaban J connectivity index is 1.41. The molecule has 3 N–H and O–H groups in total. The van der Waals surface area contributed by atoms with Crippen molar-refractivity contribution in [3.05, 3.63) is 60.3 Å². The van der Waals surface area contributed by atoms with E-state index in [1.165, 1.54) is 16.9 Å². The highest BCUT2D eigenvalue weighted by Gasteiger charge is 2.10. The summed E-state index contributed by atoms with van der Waals surface area (Å²) in [5.74, 6) is 0.749. The smallest absolute Gasteiger partial charge is 0.315 e. The van der Waals surface area contributed by atoms with Gasteiger partial charge in [-0.2, -0.15) is 4.98 Å². The van der Waals surface area contributed by atoms with E-state index in [2.05, 4.69) is 21.9 Å². The number of rotatable bonds is 11. The highest BCUT2D eigenvalue weighted by molar-refractivity contribution is 7.20. The molecule has 0 aliphatic rings. The first-order valence-corrected chi connectivity index (χ1v) is 10.8. The Bertz CT molecular complexity index is 954. The van der Waals surface area contributed by atoms with E-state index in [1.807, 2.05) is 43.3 Å². The highest BCUT2D eigenvalue weighted by atomic mass is 32.1. The fourth-order valence-corrected chi connectivity index (χ4v) is 3.63. The van der Waals surface area contributed by atoms with E-state index in [0.717, 1.165) is 35.4 Å². The number of ether oxygens (including phenoxy) is 1. The lowest BCUT2D eigenvalue weighted by Crippen LogP contribution is -2.41. The van der Waals surface area contributed by atoms with Crippen LogP contribution >= 0.6 is 11.3 Å². The molecule has 0 saturated heterocycles. The fourth-order valence-electron chi connectivity index (χ4n) is 2.84. The summed E-state index contributed by atoms with van der Waals surface area (Å²) in [4.78, 5) is 21.7. The summed E-state index contributed by atoms with van der Waals surface area (Å²) in [6.45, 7) is 8.54. The molecule has 3 aromatic rings. The number of hydrogen-bond donors (Lipinski definition) is 2. The lowest BCUT2D eigenvalue weighted by atomic mass is 10.1. The molecule has 8 heteroatoms. The van der Waals surface area contributed by atoms with E-state index in [1.54, 1.807) is 11.1 Å². The Morgan fingerprint density at radius 1 is 1.27 bits per heavy atom. The molecule has 0 atom stereocenters. The maximum atomic E-state index is 11.5. The number of primary amides is 1. The normalized spacial score (nSPS) is 10.8. The Morgan fingerprint density at radius 2 is 2.07 bits per heavy atom. The van der Waals surface area contributed by atoms with Gasteiger partial charge in [0.15, 0.2) is 5.65 Å². The molecule has 2 heterocycles. The molecular weight excluding hydrogens is 398 g/mol. The zero-order valence-electron chi connectivity index (χ0n) is 17.1. The molecule has 0 fully saturated rings. The minimum absolute atomic E-state index is 0.411. The Morgan fingerprint density at radius 3 is 2.77 bits per heavy atom. The quantitative estimate of drug-likeness (QED) is 0.358. The SMILES string of the molecule is C=C(CC)CN(CCNCCc1ccc(Oc2nc3ncccc3s2)cc1)C(N)=O. The van der Waals surface area contributed by atoms with E-state index in [9.17, 15) is 4.79 Å². The molecule has 0 saturated carbocycles. The minimum atomic E-state index is -0.411. The molecule has 0 radical (unpaired) electrons. The zero-order valence-corrected chi connectivity index (χ0v) is 18.0. The summed E-state index contributed by atoms with van der Waals surface area (Å²) < 4.78 is 6.85. The maximum absolute atomic E-state index is 11.5. The molecule has 1 aromatic carbocycles. The van der Waals surface area contributed by atoms with Gasteiger partial charge in [-0.15, -0.1) is 0 Å². The number of carbonyl (C=O) groups excluding carboxylic acids is 1. The Hall–Kier alpha value is -2.97. The molecule has 7 nitrogen and oxygen atoms in total. The summed E-state index contributed by atoms with van der Waals surface area (Å²) in [7, 11) is 0. The number of nitrogens with zero attached hydrogens (tertiary/aromatic N) is 3. The van der Waals surface area contributed by atoms with Crippen LogP contribution < -0.4 is 15.8 Å². The van der Waals surface area contributed by atoms with Gasteiger partial charge in [-0.1, -0.05) is 42.5 Å². The lowest BCUT2D eigenvalue weighted by molar-refractivity contribution is 0.211. The molecular formula is C22H27N5O2S. The molecule has 30 heavy (non-hydrogen) atoms. The van der Waals surface area contributed by atoms with E-state index in [-0.39, 0.29) is 0 Å². The van der Waals surface area contributed by atoms with Gasteiger partial charge in [0.1, 0.15) is 5.75 Å². The Kier molecular flexibility index (Phi) is 7.75. The van der Waals surface area contributed by atoms with Crippen LogP contribution in [0.1, 0.15) is 18.9 Å². The highest BCUT2D eigenvalue weighted by Crippen LogP contribution is 2.30. The van der Waals surface area contributed by atoms with Crippen LogP contribution in [-0.2, 0) is 6.42 Å². The van der Waals surface area contributed by atoms with Crippen LogP contribution in [0.25, 0.3) is 10.3 Å². The third-order valence-corrected chi connectivity index (χ3v) is 5.54. The zero-order chi connectivity index (χ0) is 21.3. The number of thiazole rings is 1. The number of nitrogens with two attached hydrogens (primary N) is 1. The van der Waals surface area contributed by atoms with E-state index in [4.69, 9.17) is 10.5 Å². The molecule has 3 rings (SSSR count). The summed E-state index contributed by atoms with van der Waals surface area (Å²) >= 11 is 1.48. The van der Waals surface area contributed by atoms with E-state index in [0.29, 0.717) is 30.5 Å². The number of aromatic nitrogens is 2. The van der Waals surface area contributed by atoms with Crippen molar-refractivity contribution in [2.75, 3.05) is 26.2 Å². The molecule has 2 aromatic heterocycles. The average Bonchev–Trinajstić information content (AvgIpc) is 3.15. The number of urea groups is 1. The number of nitrogens with one attached hydrogen (secondary N) is 1. The van der Waals surface area contributed by atoms with Crippen molar-refractivity contribution in [2.24, 2.45) is 5.73 Å². The first kappa shape index (κ1) is 21.7. The summed E-state index contributed by atoms with van der Waals surface area (Å²) in [6, 6.07) is 11.4. The van der Waals surface area contributed by atoms with Crippen LogP contribution in [-0.4, -0.2) is 47.1 Å². The van der Waals surface area contributed by atoms with Gasteiger partial charge in [-0.3, -0.25) is 0 Å². The summed E-state index contributed by atoms with van der Waals surface area (Å²) in [5.41, 5.74) is 8.34. The summed E-state index contributed by atoms with van der Waals surface area (Å²) in [5, 5.41) is 3.94. The fraction of sp³-hybridized carbons (Fsp3) is 0.318. The van der Waals surface area contributed by atoms with Gasteiger partial charge >= 0.3 is 6.03 Å². The third kappa shape index (κ3) is 6.27. The molecule has 0 bridgehead atoms. The summed E-state index contributed by atoms with van der Waals surface area (Å²) in [6.07, 6.45) is 3.44. The van der Waals surface area contributed by atoms with Gasteiger partial charge in [0, 0.05) is 25.8 Å². The standard InChI is InChI=1S/C22H27N5O2S/c1-3-16(2)15-27(21(23)28)14-13-24-12-10-17-6-8-18(9-7-17)29-22-26-20-19(30-22)5-4-11-25-20/h4-9,11,24H,2-3,10,12-15H2,1H3,(H2,23,28). The van der Waals surface area contributed by atoms with E-state index >= 15 is 0 Å². The third-order valence-electron chi connectivity index (χ3n) is 4.65. The van der Waals surface area contributed by atoms with Crippen molar-refractivity contribution < 1.29 is 9.53 Å². The number of fused-ring (bicyclic) bond motifs is 1. The van der Waals surface area contributed by atoms with Gasteiger partial charge in [0.2, 0.25) is 0 Å². The number of hydrogen-bond acceptors (Lipinski definition) is 6. The second kappa shape index (κ2) is 10.7. The van der Waals surface area contributed by atoms with Gasteiger partial charge in [0.25, 0.3) is 5.19 Å². The van der Waals surface area contributed by atoms with Crippen LogP contribution in [0.4, 0.5) is 4.79 Å². The first-order valence-electron chi connectivity index (χ1n) is 9.95. The van der Waals surface area contributed by atoms with Crippen molar-refractivity contribution >= 4 is 27.7 Å². The number of pyridine rings is 1. The second-order valence-corrected chi connectivity index (χ2v) is 7.91. The van der Waals surface area contributed by atoms with Gasteiger partial charge < -0.3 is 20.7 Å². The first-order chi connectivity index (χ1) is 14.5. The molecule has 2 amide bonds. The van der Waals surface area contributed by atoms with Crippen molar-refractivity contribution in [3.8, 4) is 10.9 Å². The van der Waals surface area contributed by atoms with Crippen LogP contribution in [0, 0.1) is 0 Å². The van der Waals surface area contributed by atoms with Crippen LogP contribution in [0.5, 0.6) is 10.9 Å². The van der Waals surface area contributed by atoms with Crippen LogP contribution in [0.2, 0.25) is 0 Å².